The molecule has 0 heterocycles. The summed E-state index contributed by atoms with van der Waals surface area (Å²) in [5, 5.41) is 19.6. The SMILES string of the molecule is CCCCCCCCCCC/N=N/C1(O)CCCCCCCCCCC1. The van der Waals surface area contributed by atoms with Crippen LogP contribution < -0.4 is 0 Å². The number of hydrogen-bond donors (Lipinski definition) is 1. The van der Waals surface area contributed by atoms with Crippen LogP contribution in [0.4, 0.5) is 0 Å². The van der Waals surface area contributed by atoms with Gasteiger partial charge in [0.05, 0.1) is 6.54 Å². The molecule has 1 saturated carbocycles. The highest BCUT2D eigenvalue weighted by molar-refractivity contribution is 4.74. The van der Waals surface area contributed by atoms with E-state index in [9.17, 15) is 5.11 Å². The van der Waals surface area contributed by atoms with E-state index in [1.54, 1.807) is 0 Å². The average Bonchev–Trinajstić information content (AvgIpc) is 2.63. The molecule has 3 heteroatoms. The maximum atomic E-state index is 10.8. The second-order valence-electron chi connectivity index (χ2n) is 8.46. The topological polar surface area (TPSA) is 45.0 Å². The molecule has 1 aliphatic carbocycles. The molecule has 1 aliphatic rings. The lowest BCUT2D eigenvalue weighted by molar-refractivity contribution is 0.0184. The van der Waals surface area contributed by atoms with E-state index in [0.29, 0.717) is 0 Å². The third-order valence-electron chi connectivity index (χ3n) is 5.77. The molecule has 0 spiro atoms. The summed E-state index contributed by atoms with van der Waals surface area (Å²) in [4.78, 5) is 0. The van der Waals surface area contributed by atoms with Gasteiger partial charge in [0.1, 0.15) is 0 Å². The van der Waals surface area contributed by atoms with E-state index >= 15 is 0 Å². The summed E-state index contributed by atoms with van der Waals surface area (Å²) in [6.07, 6.45) is 25.0. The minimum Gasteiger partial charge on any atom is -0.368 e. The largest absolute Gasteiger partial charge is 0.368 e. The van der Waals surface area contributed by atoms with Gasteiger partial charge in [-0.2, -0.15) is 10.2 Å². The van der Waals surface area contributed by atoms with Gasteiger partial charge in [-0.25, -0.2) is 0 Å². The summed E-state index contributed by atoms with van der Waals surface area (Å²) in [7, 11) is 0. The summed E-state index contributed by atoms with van der Waals surface area (Å²) in [6.45, 7) is 3.06. The van der Waals surface area contributed by atoms with E-state index in [4.69, 9.17) is 0 Å². The molecular formula is C23H46N2O. The van der Waals surface area contributed by atoms with Crippen molar-refractivity contribution in [2.45, 2.75) is 141 Å². The number of rotatable bonds is 11. The van der Waals surface area contributed by atoms with Crippen LogP contribution in [0.1, 0.15) is 135 Å². The Labute approximate surface area is 163 Å². The van der Waals surface area contributed by atoms with E-state index in [-0.39, 0.29) is 0 Å². The Morgan fingerprint density at radius 1 is 0.615 bits per heavy atom. The van der Waals surface area contributed by atoms with Crippen LogP contribution >= 0.6 is 0 Å². The Morgan fingerprint density at radius 2 is 1.04 bits per heavy atom. The van der Waals surface area contributed by atoms with Gasteiger partial charge in [-0.15, -0.1) is 0 Å². The van der Waals surface area contributed by atoms with E-state index < -0.39 is 5.72 Å². The van der Waals surface area contributed by atoms with Gasteiger partial charge < -0.3 is 5.11 Å². The molecule has 3 nitrogen and oxygen atoms in total. The van der Waals surface area contributed by atoms with E-state index in [1.165, 1.54) is 96.3 Å². The Kier molecular flexibility index (Phi) is 15.2. The highest BCUT2D eigenvalue weighted by atomic mass is 16.3. The van der Waals surface area contributed by atoms with Crippen molar-refractivity contribution in [3.8, 4) is 0 Å². The minimum atomic E-state index is -0.877. The van der Waals surface area contributed by atoms with Gasteiger partial charge in [-0.1, -0.05) is 103 Å². The second kappa shape index (κ2) is 16.7. The highest BCUT2D eigenvalue weighted by Crippen LogP contribution is 2.26. The zero-order valence-corrected chi connectivity index (χ0v) is 17.7. The molecule has 0 bridgehead atoms. The molecule has 1 rings (SSSR count). The standard InChI is InChI=1S/C23H46N2O/c1-2-3-4-5-6-10-13-16-19-22-24-25-23(26)20-17-14-11-8-7-9-12-15-18-21-23/h26H,2-22H2,1H3/b25-24+. The van der Waals surface area contributed by atoms with Crippen LogP contribution in [0.25, 0.3) is 0 Å². The van der Waals surface area contributed by atoms with Crippen molar-refractivity contribution in [2.75, 3.05) is 6.54 Å². The molecule has 0 aromatic rings. The van der Waals surface area contributed by atoms with Crippen molar-refractivity contribution < 1.29 is 5.11 Å². The fraction of sp³-hybridized carbons (Fsp3) is 1.00. The fourth-order valence-corrected chi connectivity index (χ4v) is 3.95. The first-order chi connectivity index (χ1) is 12.8. The number of nitrogens with zero attached hydrogens (tertiary/aromatic N) is 2. The maximum absolute atomic E-state index is 10.8. The Morgan fingerprint density at radius 3 is 1.54 bits per heavy atom. The van der Waals surface area contributed by atoms with Crippen molar-refractivity contribution in [3.05, 3.63) is 0 Å². The first-order valence-electron chi connectivity index (χ1n) is 11.9. The van der Waals surface area contributed by atoms with Crippen molar-refractivity contribution in [1.29, 1.82) is 0 Å². The van der Waals surface area contributed by atoms with Crippen LogP contribution in [-0.2, 0) is 0 Å². The number of unbranched alkanes of at least 4 members (excludes halogenated alkanes) is 8. The number of hydrogen-bond acceptors (Lipinski definition) is 3. The van der Waals surface area contributed by atoms with Gasteiger partial charge in [0.15, 0.2) is 5.72 Å². The lowest BCUT2D eigenvalue weighted by Crippen LogP contribution is -2.25. The molecule has 0 amide bonds. The quantitative estimate of drug-likeness (QED) is 0.292. The van der Waals surface area contributed by atoms with Crippen molar-refractivity contribution >= 4 is 0 Å². The van der Waals surface area contributed by atoms with Crippen molar-refractivity contribution in [2.24, 2.45) is 10.2 Å². The third kappa shape index (κ3) is 13.7. The zero-order chi connectivity index (χ0) is 18.8. The lowest BCUT2D eigenvalue weighted by Gasteiger charge is -2.23. The van der Waals surface area contributed by atoms with E-state index in [2.05, 4.69) is 17.2 Å². The Hall–Kier alpha value is -0.440. The van der Waals surface area contributed by atoms with Crippen LogP contribution in [0.3, 0.4) is 0 Å². The zero-order valence-electron chi connectivity index (χ0n) is 17.7. The van der Waals surface area contributed by atoms with Crippen molar-refractivity contribution in [1.82, 2.24) is 0 Å². The molecule has 26 heavy (non-hydrogen) atoms. The molecule has 0 aliphatic heterocycles. The Balaban J connectivity index is 2.13. The molecule has 1 N–H and O–H groups in total. The normalized spacial score (nSPS) is 19.9. The lowest BCUT2D eigenvalue weighted by atomic mass is 9.96. The van der Waals surface area contributed by atoms with Crippen LogP contribution in [0, 0.1) is 0 Å². The predicted molar refractivity (Wildman–Crippen MR) is 113 cm³/mol. The van der Waals surface area contributed by atoms with Gasteiger partial charge in [-0.05, 0) is 32.1 Å². The van der Waals surface area contributed by atoms with Crippen LogP contribution in [-0.4, -0.2) is 17.4 Å². The maximum Gasteiger partial charge on any atom is 0.176 e. The van der Waals surface area contributed by atoms with Gasteiger partial charge >= 0.3 is 0 Å². The molecule has 0 unspecified atom stereocenters. The van der Waals surface area contributed by atoms with Gasteiger partial charge in [0.25, 0.3) is 0 Å². The molecular weight excluding hydrogens is 320 g/mol. The van der Waals surface area contributed by atoms with Gasteiger partial charge in [-0.3, -0.25) is 0 Å². The van der Waals surface area contributed by atoms with Crippen LogP contribution in [0.15, 0.2) is 10.2 Å². The summed E-state index contributed by atoms with van der Waals surface area (Å²) in [6, 6.07) is 0. The summed E-state index contributed by atoms with van der Waals surface area (Å²) in [5.74, 6) is 0. The molecule has 0 saturated heterocycles. The Bertz CT molecular complexity index is 318. The number of azo groups is 1. The van der Waals surface area contributed by atoms with E-state index in [1.807, 2.05) is 0 Å². The molecule has 1 fully saturated rings. The summed E-state index contributed by atoms with van der Waals surface area (Å²) in [5.41, 5.74) is -0.877. The first-order valence-corrected chi connectivity index (χ1v) is 11.9. The molecule has 154 valence electrons. The molecule has 0 aromatic heterocycles. The van der Waals surface area contributed by atoms with Crippen LogP contribution in [0.2, 0.25) is 0 Å². The number of aliphatic hydroxyl groups is 1. The predicted octanol–water partition coefficient (Wildman–Crippen LogP) is 7.96. The van der Waals surface area contributed by atoms with Crippen molar-refractivity contribution in [3.63, 3.8) is 0 Å². The van der Waals surface area contributed by atoms with Gasteiger partial charge in [0.2, 0.25) is 0 Å². The first kappa shape index (κ1) is 23.6. The average molecular weight is 367 g/mol. The van der Waals surface area contributed by atoms with E-state index in [0.717, 1.165) is 38.6 Å². The van der Waals surface area contributed by atoms with Crippen LogP contribution in [0.5, 0.6) is 0 Å². The van der Waals surface area contributed by atoms with Gasteiger partial charge in [0, 0.05) is 0 Å². The highest BCUT2D eigenvalue weighted by Gasteiger charge is 2.25. The fourth-order valence-electron chi connectivity index (χ4n) is 3.95. The summed E-state index contributed by atoms with van der Waals surface area (Å²) >= 11 is 0. The smallest absolute Gasteiger partial charge is 0.176 e. The molecule has 0 aromatic carbocycles. The monoisotopic (exact) mass is 366 g/mol. The molecule has 0 radical (unpaired) electrons. The second-order valence-corrected chi connectivity index (χ2v) is 8.46. The summed E-state index contributed by atoms with van der Waals surface area (Å²) < 4.78 is 0. The minimum absolute atomic E-state index is 0.790. The third-order valence-corrected chi connectivity index (χ3v) is 5.77. The molecule has 0 atom stereocenters.